The highest BCUT2D eigenvalue weighted by atomic mass is 35.5. The highest BCUT2D eigenvalue weighted by Crippen LogP contribution is 2.27. The van der Waals surface area contributed by atoms with Gasteiger partial charge in [-0.25, -0.2) is 0 Å². The molecule has 0 heterocycles. The van der Waals surface area contributed by atoms with Crippen LogP contribution in [0.2, 0.25) is 5.02 Å². The zero-order valence-electron chi connectivity index (χ0n) is 9.95. The monoisotopic (exact) mass is 252 g/mol. The lowest BCUT2D eigenvalue weighted by Gasteiger charge is -2.30. The van der Waals surface area contributed by atoms with Crippen LogP contribution in [-0.2, 0) is 0 Å². The van der Waals surface area contributed by atoms with Crippen molar-refractivity contribution in [2.45, 2.75) is 19.3 Å². The van der Waals surface area contributed by atoms with Gasteiger partial charge in [-0.15, -0.1) is 0 Å². The number of rotatable bonds is 3. The van der Waals surface area contributed by atoms with Crippen molar-refractivity contribution in [3.63, 3.8) is 0 Å². The standard InChI is InChI=1S/C13H17ClN2O/c1-16(8-9-3-2-4-9)13(17)11-6-5-10(14)7-12(11)15/h5-7,9H,2-4,8,15H2,1H3. The second kappa shape index (κ2) is 4.96. The first-order valence-corrected chi connectivity index (χ1v) is 6.26. The van der Waals surface area contributed by atoms with Crippen LogP contribution in [0.3, 0.4) is 0 Å². The predicted molar refractivity (Wildman–Crippen MR) is 70.2 cm³/mol. The Hall–Kier alpha value is -1.22. The first kappa shape index (κ1) is 12.2. The van der Waals surface area contributed by atoms with Crippen molar-refractivity contribution in [1.29, 1.82) is 0 Å². The summed E-state index contributed by atoms with van der Waals surface area (Å²) in [6.45, 7) is 0.820. The Bertz CT molecular complexity index is 429. The van der Waals surface area contributed by atoms with Gasteiger partial charge in [0.2, 0.25) is 0 Å². The Labute approximate surface area is 107 Å². The molecule has 1 aromatic rings. The number of hydrogen-bond donors (Lipinski definition) is 1. The molecule has 92 valence electrons. The molecule has 0 bridgehead atoms. The number of hydrogen-bond acceptors (Lipinski definition) is 2. The summed E-state index contributed by atoms with van der Waals surface area (Å²) in [5.41, 5.74) is 6.79. The second-order valence-corrected chi connectivity index (χ2v) is 5.15. The molecule has 1 aromatic carbocycles. The maximum Gasteiger partial charge on any atom is 0.255 e. The largest absolute Gasteiger partial charge is 0.398 e. The van der Waals surface area contributed by atoms with Crippen LogP contribution >= 0.6 is 11.6 Å². The number of amides is 1. The minimum Gasteiger partial charge on any atom is -0.398 e. The fourth-order valence-corrected chi connectivity index (χ4v) is 2.26. The van der Waals surface area contributed by atoms with E-state index in [0.717, 1.165) is 6.54 Å². The summed E-state index contributed by atoms with van der Waals surface area (Å²) < 4.78 is 0. The van der Waals surface area contributed by atoms with Crippen molar-refractivity contribution < 1.29 is 4.79 Å². The van der Waals surface area contributed by atoms with Gasteiger partial charge < -0.3 is 10.6 Å². The Kier molecular flexibility index (Phi) is 3.57. The second-order valence-electron chi connectivity index (χ2n) is 4.71. The molecular weight excluding hydrogens is 236 g/mol. The lowest BCUT2D eigenvalue weighted by atomic mass is 9.85. The van der Waals surface area contributed by atoms with Crippen molar-refractivity contribution in [3.8, 4) is 0 Å². The zero-order valence-corrected chi connectivity index (χ0v) is 10.7. The lowest BCUT2D eigenvalue weighted by molar-refractivity contribution is 0.0746. The van der Waals surface area contributed by atoms with Crippen LogP contribution in [0.25, 0.3) is 0 Å². The van der Waals surface area contributed by atoms with Gasteiger partial charge in [-0.1, -0.05) is 18.0 Å². The van der Waals surface area contributed by atoms with E-state index in [2.05, 4.69) is 0 Å². The molecule has 1 aliphatic carbocycles. The van der Waals surface area contributed by atoms with Gasteiger partial charge in [-0.3, -0.25) is 4.79 Å². The summed E-state index contributed by atoms with van der Waals surface area (Å²) >= 11 is 5.81. The van der Waals surface area contributed by atoms with Crippen molar-refractivity contribution >= 4 is 23.2 Å². The van der Waals surface area contributed by atoms with Gasteiger partial charge in [0.05, 0.1) is 5.56 Å². The van der Waals surface area contributed by atoms with Crippen molar-refractivity contribution in [2.24, 2.45) is 5.92 Å². The molecule has 1 saturated carbocycles. The Balaban J connectivity index is 2.07. The van der Waals surface area contributed by atoms with Crippen LogP contribution < -0.4 is 5.73 Å². The molecule has 1 fully saturated rings. The van der Waals surface area contributed by atoms with E-state index in [9.17, 15) is 4.79 Å². The molecule has 4 heteroatoms. The minimum absolute atomic E-state index is 0.0222. The van der Waals surface area contributed by atoms with Crippen molar-refractivity contribution in [2.75, 3.05) is 19.3 Å². The highest BCUT2D eigenvalue weighted by molar-refractivity contribution is 6.31. The van der Waals surface area contributed by atoms with E-state index in [1.807, 2.05) is 7.05 Å². The number of halogens is 1. The normalized spacial score (nSPS) is 15.4. The number of nitrogens with two attached hydrogens (primary N) is 1. The van der Waals surface area contributed by atoms with Gasteiger partial charge >= 0.3 is 0 Å². The molecule has 0 aromatic heterocycles. The van der Waals surface area contributed by atoms with Crippen molar-refractivity contribution in [1.82, 2.24) is 4.90 Å². The van der Waals surface area contributed by atoms with E-state index in [1.54, 1.807) is 23.1 Å². The number of nitrogen functional groups attached to an aromatic ring is 1. The molecule has 1 amide bonds. The van der Waals surface area contributed by atoms with E-state index >= 15 is 0 Å². The van der Waals surface area contributed by atoms with E-state index in [1.165, 1.54) is 19.3 Å². The SMILES string of the molecule is CN(CC1CCC1)C(=O)c1ccc(Cl)cc1N. The highest BCUT2D eigenvalue weighted by Gasteiger charge is 2.22. The van der Waals surface area contributed by atoms with Crippen LogP contribution in [0.1, 0.15) is 29.6 Å². The van der Waals surface area contributed by atoms with Gasteiger partial charge in [0.15, 0.2) is 0 Å². The Morgan fingerprint density at radius 2 is 2.24 bits per heavy atom. The van der Waals surface area contributed by atoms with Crippen LogP contribution in [0.15, 0.2) is 18.2 Å². The van der Waals surface area contributed by atoms with Crippen LogP contribution in [-0.4, -0.2) is 24.4 Å². The quantitative estimate of drug-likeness (QED) is 0.841. The van der Waals surface area contributed by atoms with E-state index in [0.29, 0.717) is 22.2 Å². The summed E-state index contributed by atoms with van der Waals surface area (Å²) in [7, 11) is 1.83. The first-order valence-electron chi connectivity index (χ1n) is 5.88. The Morgan fingerprint density at radius 3 is 2.76 bits per heavy atom. The molecule has 0 saturated heterocycles. The molecule has 0 atom stereocenters. The minimum atomic E-state index is -0.0222. The molecular formula is C13H17ClN2O. The summed E-state index contributed by atoms with van der Waals surface area (Å²) in [4.78, 5) is 13.9. The lowest BCUT2D eigenvalue weighted by Crippen LogP contribution is -2.34. The molecule has 0 unspecified atom stereocenters. The number of benzene rings is 1. The van der Waals surface area contributed by atoms with Gasteiger partial charge in [-0.2, -0.15) is 0 Å². The molecule has 2 N–H and O–H groups in total. The number of nitrogens with zero attached hydrogens (tertiary/aromatic N) is 1. The van der Waals surface area contributed by atoms with E-state index in [4.69, 9.17) is 17.3 Å². The predicted octanol–water partition coefficient (Wildman–Crippen LogP) is 2.79. The molecule has 2 rings (SSSR count). The third-order valence-electron chi connectivity index (χ3n) is 3.35. The summed E-state index contributed by atoms with van der Waals surface area (Å²) in [5.74, 6) is 0.642. The fourth-order valence-electron chi connectivity index (χ4n) is 2.08. The molecule has 1 aliphatic rings. The fraction of sp³-hybridized carbons (Fsp3) is 0.462. The molecule has 0 aliphatic heterocycles. The van der Waals surface area contributed by atoms with Gasteiger partial charge in [0, 0.05) is 24.3 Å². The Morgan fingerprint density at radius 1 is 1.53 bits per heavy atom. The smallest absolute Gasteiger partial charge is 0.255 e. The van der Waals surface area contributed by atoms with Crippen LogP contribution in [0.5, 0.6) is 0 Å². The topological polar surface area (TPSA) is 46.3 Å². The van der Waals surface area contributed by atoms with Crippen LogP contribution in [0, 0.1) is 5.92 Å². The molecule has 0 spiro atoms. The first-order chi connectivity index (χ1) is 8.08. The van der Waals surface area contributed by atoms with Crippen molar-refractivity contribution in [3.05, 3.63) is 28.8 Å². The summed E-state index contributed by atoms with van der Waals surface area (Å²) in [6, 6.07) is 5.01. The maximum atomic E-state index is 12.2. The number of carbonyl (C=O) groups excluding carboxylic acids is 1. The van der Waals surface area contributed by atoms with Gasteiger partial charge in [0.1, 0.15) is 0 Å². The number of carbonyl (C=O) groups is 1. The van der Waals surface area contributed by atoms with E-state index < -0.39 is 0 Å². The van der Waals surface area contributed by atoms with Crippen LogP contribution in [0.4, 0.5) is 5.69 Å². The molecule has 3 nitrogen and oxygen atoms in total. The maximum absolute atomic E-state index is 12.2. The third kappa shape index (κ3) is 2.72. The number of anilines is 1. The average molecular weight is 253 g/mol. The van der Waals surface area contributed by atoms with Gasteiger partial charge in [-0.05, 0) is 37.0 Å². The zero-order chi connectivity index (χ0) is 12.4. The average Bonchev–Trinajstić information content (AvgIpc) is 2.22. The summed E-state index contributed by atoms with van der Waals surface area (Å²) in [6.07, 6.45) is 3.75. The van der Waals surface area contributed by atoms with E-state index in [-0.39, 0.29) is 5.91 Å². The molecule has 17 heavy (non-hydrogen) atoms. The summed E-state index contributed by atoms with van der Waals surface area (Å²) in [5, 5.41) is 0.556. The van der Waals surface area contributed by atoms with Gasteiger partial charge in [0.25, 0.3) is 5.91 Å². The molecule has 0 radical (unpaired) electrons. The third-order valence-corrected chi connectivity index (χ3v) is 3.58.